The van der Waals surface area contributed by atoms with Gasteiger partial charge in [0.2, 0.25) is 5.88 Å². The molecule has 0 amide bonds. The summed E-state index contributed by atoms with van der Waals surface area (Å²) in [4.78, 5) is 12.0. The Morgan fingerprint density at radius 2 is 1.62 bits per heavy atom. The maximum atomic E-state index is 5.48. The molecule has 0 aliphatic carbocycles. The first-order valence-electron chi connectivity index (χ1n) is 12.0. The van der Waals surface area contributed by atoms with Gasteiger partial charge in [-0.05, 0) is 48.9 Å². The van der Waals surface area contributed by atoms with Crippen LogP contribution in [0.25, 0.3) is 11.3 Å². The third-order valence-corrected chi connectivity index (χ3v) is 6.73. The lowest BCUT2D eigenvalue weighted by atomic mass is 10.0. The van der Waals surface area contributed by atoms with Crippen LogP contribution in [-0.4, -0.2) is 64.4 Å². The van der Waals surface area contributed by atoms with Crippen molar-refractivity contribution in [1.29, 1.82) is 0 Å². The van der Waals surface area contributed by atoms with E-state index in [0.29, 0.717) is 11.9 Å². The normalized spacial score (nSPS) is 16.7. The summed E-state index contributed by atoms with van der Waals surface area (Å²) in [5.41, 5.74) is 5.74. The van der Waals surface area contributed by atoms with Crippen LogP contribution in [0.3, 0.4) is 0 Å². The monoisotopic (exact) mass is 460 g/mol. The number of anilines is 2. The van der Waals surface area contributed by atoms with Gasteiger partial charge in [-0.3, -0.25) is 4.90 Å². The Hall–Kier alpha value is -3.25. The van der Waals surface area contributed by atoms with Gasteiger partial charge in [-0.25, -0.2) is 4.98 Å². The summed E-state index contributed by atoms with van der Waals surface area (Å²) < 4.78 is 10.8. The van der Waals surface area contributed by atoms with E-state index < -0.39 is 0 Å². The first-order chi connectivity index (χ1) is 16.5. The Morgan fingerprint density at radius 3 is 2.24 bits per heavy atom. The minimum absolute atomic E-state index is 0.384. The molecule has 1 aromatic heterocycles. The second kappa shape index (κ2) is 10.8. The Balaban J connectivity index is 1.63. The second-order valence-corrected chi connectivity index (χ2v) is 8.86. The molecule has 180 valence electrons. The van der Waals surface area contributed by atoms with E-state index in [9.17, 15) is 0 Å². The highest BCUT2D eigenvalue weighted by molar-refractivity contribution is 5.77. The van der Waals surface area contributed by atoms with Crippen molar-refractivity contribution in [3.05, 3.63) is 66.2 Å². The number of methoxy groups -OCH3 is 2. The first kappa shape index (κ1) is 23.9. The summed E-state index contributed by atoms with van der Waals surface area (Å²) in [6.45, 7) is 6.18. The molecule has 0 radical (unpaired) electrons. The molecule has 1 unspecified atom stereocenters. The number of hydrogen-bond acceptors (Lipinski definition) is 6. The molecule has 0 saturated carbocycles. The molecular formula is C28H36N4O2. The lowest BCUT2D eigenvalue weighted by molar-refractivity contribution is 0.219. The topological polar surface area (TPSA) is 41.1 Å². The minimum Gasteiger partial charge on any atom is -0.497 e. The van der Waals surface area contributed by atoms with E-state index in [2.05, 4.69) is 90.3 Å². The Bertz CT molecular complexity index is 1070. The van der Waals surface area contributed by atoms with Crippen molar-refractivity contribution >= 4 is 11.4 Å². The van der Waals surface area contributed by atoms with Gasteiger partial charge in [-0.15, -0.1) is 0 Å². The van der Waals surface area contributed by atoms with Crippen LogP contribution in [0.2, 0.25) is 0 Å². The summed E-state index contributed by atoms with van der Waals surface area (Å²) in [7, 11) is 7.50. The number of benzene rings is 2. The molecule has 0 spiro atoms. The maximum Gasteiger partial charge on any atom is 0.213 e. The molecule has 1 saturated heterocycles. The number of likely N-dealkylation sites (N-methyl/N-ethyl adjacent to an activating group) is 1. The molecule has 4 rings (SSSR count). The van der Waals surface area contributed by atoms with Crippen LogP contribution in [0, 0.1) is 0 Å². The standard InChI is InChI=1S/C28H36N4O2/c1-6-31-19-20-32(18-17-25(31)21-9-13-24(33-4)14-10-21)26-15-16-27(34-5)29-28(26)22-7-11-23(12-8-22)30(2)3/h7-16,25H,6,17-20H2,1-5H3. The predicted molar refractivity (Wildman–Crippen MR) is 140 cm³/mol. The molecule has 1 fully saturated rings. The van der Waals surface area contributed by atoms with Gasteiger partial charge in [-0.2, -0.15) is 0 Å². The Kier molecular flexibility index (Phi) is 7.58. The summed E-state index contributed by atoms with van der Waals surface area (Å²) in [6.07, 6.45) is 1.05. The second-order valence-electron chi connectivity index (χ2n) is 8.86. The predicted octanol–water partition coefficient (Wildman–Crippen LogP) is 5.11. The van der Waals surface area contributed by atoms with Crippen molar-refractivity contribution < 1.29 is 9.47 Å². The van der Waals surface area contributed by atoms with Gasteiger partial charge in [0.05, 0.1) is 25.6 Å². The van der Waals surface area contributed by atoms with Crippen LogP contribution in [0.4, 0.5) is 11.4 Å². The fourth-order valence-corrected chi connectivity index (χ4v) is 4.73. The van der Waals surface area contributed by atoms with Crippen LogP contribution in [0.1, 0.15) is 24.9 Å². The zero-order chi connectivity index (χ0) is 24.1. The summed E-state index contributed by atoms with van der Waals surface area (Å²) in [5.74, 6) is 1.54. The lowest BCUT2D eigenvalue weighted by Crippen LogP contribution is -2.32. The van der Waals surface area contributed by atoms with Crippen LogP contribution in [0.5, 0.6) is 11.6 Å². The zero-order valence-electron chi connectivity index (χ0n) is 21.0. The molecule has 1 aliphatic heterocycles. The molecule has 0 N–H and O–H groups in total. The van der Waals surface area contributed by atoms with Crippen LogP contribution in [0.15, 0.2) is 60.7 Å². The van der Waals surface area contributed by atoms with E-state index in [1.54, 1.807) is 14.2 Å². The fraction of sp³-hybridized carbons (Fsp3) is 0.393. The van der Waals surface area contributed by atoms with Crippen molar-refractivity contribution in [1.82, 2.24) is 9.88 Å². The van der Waals surface area contributed by atoms with Crippen molar-refractivity contribution in [2.24, 2.45) is 0 Å². The van der Waals surface area contributed by atoms with Crippen LogP contribution >= 0.6 is 0 Å². The van der Waals surface area contributed by atoms with E-state index in [0.717, 1.165) is 55.3 Å². The van der Waals surface area contributed by atoms with Crippen LogP contribution in [-0.2, 0) is 0 Å². The van der Waals surface area contributed by atoms with Crippen molar-refractivity contribution in [3.63, 3.8) is 0 Å². The average Bonchev–Trinajstić information content (AvgIpc) is 3.11. The maximum absolute atomic E-state index is 5.48. The van der Waals surface area contributed by atoms with Gasteiger partial charge in [0.1, 0.15) is 5.75 Å². The number of pyridine rings is 1. The summed E-state index contributed by atoms with van der Waals surface area (Å²) >= 11 is 0. The molecule has 2 aromatic carbocycles. The third-order valence-electron chi connectivity index (χ3n) is 6.73. The van der Waals surface area contributed by atoms with Gasteiger partial charge < -0.3 is 19.3 Å². The van der Waals surface area contributed by atoms with Gasteiger partial charge in [-0.1, -0.05) is 31.2 Å². The first-order valence-corrected chi connectivity index (χ1v) is 12.0. The summed E-state index contributed by atoms with van der Waals surface area (Å²) in [6, 6.07) is 21.6. The lowest BCUT2D eigenvalue weighted by Gasteiger charge is -2.28. The van der Waals surface area contributed by atoms with E-state index in [1.807, 2.05) is 6.07 Å². The largest absolute Gasteiger partial charge is 0.497 e. The smallest absolute Gasteiger partial charge is 0.213 e. The molecule has 1 atom stereocenters. The molecule has 6 heteroatoms. The molecule has 34 heavy (non-hydrogen) atoms. The number of rotatable bonds is 7. The van der Waals surface area contributed by atoms with E-state index >= 15 is 0 Å². The molecule has 6 nitrogen and oxygen atoms in total. The number of nitrogens with zero attached hydrogens (tertiary/aromatic N) is 4. The number of aromatic nitrogens is 1. The molecule has 2 heterocycles. The SMILES string of the molecule is CCN1CCN(c2ccc(OC)nc2-c2ccc(N(C)C)cc2)CCC1c1ccc(OC)cc1. The third kappa shape index (κ3) is 5.12. The molecule has 0 bridgehead atoms. The average molecular weight is 461 g/mol. The van der Waals surface area contributed by atoms with Gasteiger partial charge in [0.25, 0.3) is 0 Å². The van der Waals surface area contributed by atoms with E-state index in [-0.39, 0.29) is 0 Å². The van der Waals surface area contributed by atoms with E-state index in [1.165, 1.54) is 11.3 Å². The highest BCUT2D eigenvalue weighted by Crippen LogP contribution is 2.35. The Morgan fingerprint density at radius 1 is 0.882 bits per heavy atom. The fourth-order valence-electron chi connectivity index (χ4n) is 4.73. The van der Waals surface area contributed by atoms with Gasteiger partial charge in [0, 0.05) is 57.1 Å². The van der Waals surface area contributed by atoms with Gasteiger partial charge >= 0.3 is 0 Å². The van der Waals surface area contributed by atoms with Crippen molar-refractivity contribution in [3.8, 4) is 22.9 Å². The highest BCUT2D eigenvalue weighted by atomic mass is 16.5. The summed E-state index contributed by atoms with van der Waals surface area (Å²) in [5, 5.41) is 0. The van der Waals surface area contributed by atoms with E-state index in [4.69, 9.17) is 14.5 Å². The van der Waals surface area contributed by atoms with Crippen molar-refractivity contribution in [2.75, 3.05) is 64.3 Å². The van der Waals surface area contributed by atoms with Gasteiger partial charge in [0.15, 0.2) is 0 Å². The van der Waals surface area contributed by atoms with Crippen LogP contribution < -0.4 is 19.3 Å². The number of ether oxygens (including phenoxy) is 2. The molecule has 1 aliphatic rings. The highest BCUT2D eigenvalue weighted by Gasteiger charge is 2.26. The van der Waals surface area contributed by atoms with Crippen molar-refractivity contribution in [2.45, 2.75) is 19.4 Å². The zero-order valence-corrected chi connectivity index (χ0v) is 21.0. The quantitative estimate of drug-likeness (QED) is 0.488. The molecule has 3 aromatic rings. The number of hydrogen-bond donors (Lipinski definition) is 0. The Labute approximate surface area is 203 Å². The molecular weight excluding hydrogens is 424 g/mol. The minimum atomic E-state index is 0.384.